The number of benzene rings is 3. The van der Waals surface area contributed by atoms with Crippen molar-refractivity contribution < 1.29 is 9.59 Å². The fraction of sp³-hybridized carbons (Fsp3) is 0.231. The van der Waals surface area contributed by atoms with E-state index >= 15 is 0 Å². The number of thioether (sulfide) groups is 1. The van der Waals surface area contributed by atoms with Crippen LogP contribution in [-0.4, -0.2) is 17.1 Å². The second-order valence-electron chi connectivity index (χ2n) is 7.70. The van der Waals surface area contributed by atoms with Crippen molar-refractivity contribution in [1.82, 2.24) is 0 Å². The van der Waals surface area contributed by atoms with E-state index in [2.05, 4.69) is 10.6 Å². The molecule has 0 bridgehead atoms. The molecular weight excluding hydrogens is 440 g/mol. The number of anilines is 2. The standard InChI is InChI=1S/C26H27ClN2O2S/c1-4-24(26(31)29-23-14-17(2)8-9-18(23)3)32-22-7-5-6-21(16-22)28-25(30)15-19-10-12-20(27)13-11-19/h5-14,16,24H,4,15H2,1-3H3,(H,28,30)(H,29,31). The normalized spacial score (nSPS) is 11.6. The van der Waals surface area contributed by atoms with Gasteiger partial charge < -0.3 is 10.6 Å². The van der Waals surface area contributed by atoms with Crippen LogP contribution < -0.4 is 10.6 Å². The van der Waals surface area contributed by atoms with Crippen molar-refractivity contribution in [2.75, 3.05) is 10.6 Å². The van der Waals surface area contributed by atoms with Crippen molar-refractivity contribution in [3.63, 3.8) is 0 Å². The van der Waals surface area contributed by atoms with Crippen molar-refractivity contribution in [2.24, 2.45) is 0 Å². The molecule has 2 amide bonds. The summed E-state index contributed by atoms with van der Waals surface area (Å²) in [6.07, 6.45) is 0.957. The summed E-state index contributed by atoms with van der Waals surface area (Å²) in [7, 11) is 0. The molecule has 0 saturated heterocycles. The lowest BCUT2D eigenvalue weighted by atomic mass is 10.1. The molecule has 3 aromatic carbocycles. The number of amides is 2. The summed E-state index contributed by atoms with van der Waals surface area (Å²) in [5, 5.41) is 6.40. The number of aryl methyl sites for hydroxylation is 2. The van der Waals surface area contributed by atoms with Gasteiger partial charge in [-0.1, -0.05) is 48.9 Å². The van der Waals surface area contributed by atoms with Crippen LogP contribution in [-0.2, 0) is 16.0 Å². The van der Waals surface area contributed by atoms with Crippen LogP contribution in [0.4, 0.5) is 11.4 Å². The minimum atomic E-state index is -0.241. The van der Waals surface area contributed by atoms with E-state index in [1.807, 2.05) is 75.4 Å². The second kappa shape index (κ2) is 11.2. The molecule has 3 aromatic rings. The van der Waals surface area contributed by atoms with Gasteiger partial charge in [-0.2, -0.15) is 0 Å². The van der Waals surface area contributed by atoms with Crippen LogP contribution in [0.1, 0.15) is 30.0 Å². The van der Waals surface area contributed by atoms with Gasteiger partial charge in [-0.25, -0.2) is 0 Å². The van der Waals surface area contributed by atoms with E-state index in [1.165, 1.54) is 11.8 Å². The Bertz CT molecular complexity index is 1100. The number of carbonyl (C=O) groups excluding carboxylic acids is 2. The summed E-state index contributed by atoms with van der Waals surface area (Å²) < 4.78 is 0. The lowest BCUT2D eigenvalue weighted by Gasteiger charge is -2.17. The third-order valence-corrected chi connectivity index (χ3v) is 6.60. The lowest BCUT2D eigenvalue weighted by molar-refractivity contribution is -0.116. The van der Waals surface area contributed by atoms with Gasteiger partial charge in [0.1, 0.15) is 0 Å². The third kappa shape index (κ3) is 6.87. The highest BCUT2D eigenvalue weighted by Crippen LogP contribution is 2.29. The topological polar surface area (TPSA) is 58.2 Å². The van der Waals surface area contributed by atoms with E-state index in [9.17, 15) is 9.59 Å². The first-order valence-corrected chi connectivity index (χ1v) is 11.8. The van der Waals surface area contributed by atoms with Crippen molar-refractivity contribution in [3.8, 4) is 0 Å². The summed E-state index contributed by atoms with van der Waals surface area (Å²) in [6.45, 7) is 5.99. The molecule has 0 aliphatic carbocycles. The number of hydrogen-bond acceptors (Lipinski definition) is 3. The van der Waals surface area contributed by atoms with E-state index in [4.69, 9.17) is 11.6 Å². The Morgan fingerprint density at radius 3 is 2.44 bits per heavy atom. The molecule has 3 rings (SSSR count). The Morgan fingerprint density at radius 2 is 1.72 bits per heavy atom. The summed E-state index contributed by atoms with van der Waals surface area (Å²) in [5.41, 5.74) is 4.59. The zero-order valence-corrected chi connectivity index (χ0v) is 20.0. The highest BCUT2D eigenvalue weighted by Gasteiger charge is 2.19. The number of halogens is 1. The average molecular weight is 467 g/mol. The highest BCUT2D eigenvalue weighted by atomic mass is 35.5. The molecule has 0 aromatic heterocycles. The molecule has 0 aliphatic heterocycles. The van der Waals surface area contributed by atoms with Gasteiger partial charge >= 0.3 is 0 Å². The maximum Gasteiger partial charge on any atom is 0.237 e. The molecule has 4 nitrogen and oxygen atoms in total. The van der Waals surface area contributed by atoms with Crippen LogP contribution in [0.5, 0.6) is 0 Å². The zero-order valence-electron chi connectivity index (χ0n) is 18.4. The Labute approximate surface area is 198 Å². The SMILES string of the molecule is CCC(Sc1cccc(NC(=O)Cc2ccc(Cl)cc2)c1)C(=O)Nc1cc(C)ccc1C. The van der Waals surface area contributed by atoms with Gasteiger partial charge in [0, 0.05) is 21.3 Å². The van der Waals surface area contributed by atoms with Gasteiger partial charge in [-0.05, 0) is 73.4 Å². The van der Waals surface area contributed by atoms with Crippen LogP contribution in [0.3, 0.4) is 0 Å². The molecular formula is C26H27ClN2O2S. The van der Waals surface area contributed by atoms with E-state index in [0.29, 0.717) is 17.1 Å². The predicted octanol–water partition coefficient (Wildman–Crippen LogP) is 6.65. The van der Waals surface area contributed by atoms with Crippen molar-refractivity contribution in [2.45, 2.75) is 43.8 Å². The summed E-state index contributed by atoms with van der Waals surface area (Å²) in [4.78, 5) is 26.2. The van der Waals surface area contributed by atoms with Crippen molar-refractivity contribution in [1.29, 1.82) is 0 Å². The molecule has 0 radical (unpaired) electrons. The molecule has 32 heavy (non-hydrogen) atoms. The smallest absolute Gasteiger partial charge is 0.237 e. The van der Waals surface area contributed by atoms with E-state index < -0.39 is 0 Å². The quantitative estimate of drug-likeness (QED) is 0.365. The summed E-state index contributed by atoms with van der Waals surface area (Å²) in [5.74, 6) is -0.127. The first-order chi connectivity index (χ1) is 15.3. The first-order valence-electron chi connectivity index (χ1n) is 10.5. The zero-order chi connectivity index (χ0) is 23.1. The molecule has 0 spiro atoms. The molecule has 1 atom stereocenters. The molecule has 2 N–H and O–H groups in total. The Morgan fingerprint density at radius 1 is 0.969 bits per heavy atom. The van der Waals surface area contributed by atoms with Gasteiger partial charge in [0.15, 0.2) is 0 Å². The van der Waals surface area contributed by atoms with Gasteiger partial charge in [-0.3, -0.25) is 9.59 Å². The molecule has 0 heterocycles. The molecule has 1 unspecified atom stereocenters. The minimum Gasteiger partial charge on any atom is -0.326 e. The monoisotopic (exact) mass is 466 g/mol. The molecule has 0 fully saturated rings. The predicted molar refractivity (Wildman–Crippen MR) is 135 cm³/mol. The number of nitrogens with one attached hydrogen (secondary N) is 2. The van der Waals surface area contributed by atoms with Gasteiger partial charge in [-0.15, -0.1) is 11.8 Å². The van der Waals surface area contributed by atoms with Crippen LogP contribution in [0.2, 0.25) is 5.02 Å². The number of hydrogen-bond donors (Lipinski definition) is 2. The Kier molecular flexibility index (Phi) is 8.37. The minimum absolute atomic E-state index is 0.0247. The largest absolute Gasteiger partial charge is 0.326 e. The maximum atomic E-state index is 12.9. The third-order valence-electron chi connectivity index (χ3n) is 4.99. The maximum absolute atomic E-state index is 12.9. The molecule has 166 valence electrons. The number of rotatable bonds is 8. The van der Waals surface area contributed by atoms with Crippen molar-refractivity contribution in [3.05, 3.63) is 88.4 Å². The van der Waals surface area contributed by atoms with Gasteiger partial charge in [0.2, 0.25) is 11.8 Å². The lowest BCUT2D eigenvalue weighted by Crippen LogP contribution is -2.25. The molecule has 0 aliphatic rings. The van der Waals surface area contributed by atoms with Crippen LogP contribution >= 0.6 is 23.4 Å². The fourth-order valence-electron chi connectivity index (χ4n) is 3.21. The van der Waals surface area contributed by atoms with E-state index in [1.54, 1.807) is 12.1 Å². The Hall–Kier alpha value is -2.76. The number of carbonyl (C=O) groups is 2. The van der Waals surface area contributed by atoms with E-state index in [0.717, 1.165) is 27.3 Å². The fourth-order valence-corrected chi connectivity index (χ4v) is 4.35. The van der Waals surface area contributed by atoms with Crippen molar-refractivity contribution >= 4 is 46.6 Å². The van der Waals surface area contributed by atoms with Crippen LogP contribution in [0, 0.1) is 13.8 Å². The molecule has 6 heteroatoms. The second-order valence-corrected chi connectivity index (χ2v) is 9.41. The van der Waals surface area contributed by atoms with E-state index in [-0.39, 0.29) is 23.5 Å². The summed E-state index contributed by atoms with van der Waals surface area (Å²) >= 11 is 7.39. The summed E-state index contributed by atoms with van der Waals surface area (Å²) in [6, 6.07) is 20.8. The highest BCUT2D eigenvalue weighted by molar-refractivity contribution is 8.00. The van der Waals surface area contributed by atoms with Crippen LogP contribution in [0.25, 0.3) is 0 Å². The molecule has 0 saturated carbocycles. The Balaban J connectivity index is 1.62. The average Bonchev–Trinajstić information content (AvgIpc) is 2.76. The first kappa shape index (κ1) is 23.9. The van der Waals surface area contributed by atoms with Gasteiger partial charge in [0.05, 0.1) is 11.7 Å². The van der Waals surface area contributed by atoms with Gasteiger partial charge in [0.25, 0.3) is 0 Å². The van der Waals surface area contributed by atoms with Crippen LogP contribution in [0.15, 0.2) is 71.6 Å².